The number of pyridine rings is 1. The number of benzene rings is 1. The SMILES string of the molecule is CN(C)c1ccc(NC(=O)N2CCc3[nH]c4ncc(Cl)cc4c3C2)cc1. The molecule has 0 spiro atoms. The van der Waals surface area contributed by atoms with Gasteiger partial charge in [-0.3, -0.25) is 0 Å². The fraction of sp³-hybridized carbons (Fsp3) is 0.263. The summed E-state index contributed by atoms with van der Waals surface area (Å²) in [6, 6.07) is 9.60. The van der Waals surface area contributed by atoms with Crippen LogP contribution in [-0.2, 0) is 13.0 Å². The molecular weight excluding hydrogens is 350 g/mol. The predicted molar refractivity (Wildman–Crippen MR) is 105 cm³/mol. The molecule has 3 heterocycles. The number of amides is 2. The summed E-state index contributed by atoms with van der Waals surface area (Å²) in [6.07, 6.45) is 2.41. The van der Waals surface area contributed by atoms with E-state index >= 15 is 0 Å². The number of carbonyl (C=O) groups is 1. The highest BCUT2D eigenvalue weighted by Gasteiger charge is 2.24. The summed E-state index contributed by atoms with van der Waals surface area (Å²) in [5.74, 6) is 0. The van der Waals surface area contributed by atoms with Crippen molar-refractivity contribution >= 4 is 40.0 Å². The van der Waals surface area contributed by atoms with E-state index in [-0.39, 0.29) is 6.03 Å². The fourth-order valence-electron chi connectivity index (χ4n) is 3.28. The summed E-state index contributed by atoms with van der Waals surface area (Å²) < 4.78 is 0. The average Bonchev–Trinajstić information content (AvgIpc) is 2.99. The minimum atomic E-state index is -0.0995. The Kier molecular flexibility index (Phi) is 4.20. The van der Waals surface area contributed by atoms with Crippen LogP contribution in [0.2, 0.25) is 5.02 Å². The highest BCUT2D eigenvalue weighted by Crippen LogP contribution is 2.28. The number of nitrogens with one attached hydrogen (secondary N) is 2. The molecule has 0 saturated heterocycles. The Morgan fingerprint density at radius 2 is 2.08 bits per heavy atom. The lowest BCUT2D eigenvalue weighted by molar-refractivity contribution is 0.206. The van der Waals surface area contributed by atoms with Crippen LogP contribution in [-0.4, -0.2) is 41.5 Å². The third-order valence-corrected chi connectivity index (χ3v) is 4.92. The Morgan fingerprint density at radius 1 is 1.31 bits per heavy atom. The van der Waals surface area contributed by atoms with Gasteiger partial charge in [0.05, 0.1) is 5.02 Å². The molecule has 2 N–H and O–H groups in total. The Labute approximate surface area is 156 Å². The number of anilines is 2. The van der Waals surface area contributed by atoms with E-state index in [1.54, 1.807) is 6.20 Å². The zero-order valence-corrected chi connectivity index (χ0v) is 15.5. The molecule has 0 bridgehead atoms. The van der Waals surface area contributed by atoms with Crippen molar-refractivity contribution in [2.24, 2.45) is 0 Å². The molecule has 3 aromatic rings. The highest BCUT2D eigenvalue weighted by atomic mass is 35.5. The van der Waals surface area contributed by atoms with E-state index in [1.165, 1.54) is 0 Å². The maximum absolute atomic E-state index is 12.7. The van der Waals surface area contributed by atoms with Crippen LogP contribution in [0.25, 0.3) is 11.0 Å². The lowest BCUT2D eigenvalue weighted by Gasteiger charge is -2.27. The monoisotopic (exact) mass is 369 g/mol. The van der Waals surface area contributed by atoms with Crippen molar-refractivity contribution < 1.29 is 4.79 Å². The van der Waals surface area contributed by atoms with Crippen LogP contribution in [0.1, 0.15) is 11.3 Å². The molecule has 0 fully saturated rings. The summed E-state index contributed by atoms with van der Waals surface area (Å²) >= 11 is 6.09. The van der Waals surface area contributed by atoms with Gasteiger partial charge in [-0.05, 0) is 30.3 Å². The van der Waals surface area contributed by atoms with Gasteiger partial charge in [0, 0.05) is 67.8 Å². The second-order valence-corrected chi connectivity index (χ2v) is 7.11. The molecule has 1 aliphatic rings. The zero-order chi connectivity index (χ0) is 18.3. The lowest BCUT2D eigenvalue weighted by atomic mass is 10.1. The van der Waals surface area contributed by atoms with E-state index in [0.717, 1.165) is 40.1 Å². The molecule has 1 aliphatic heterocycles. The summed E-state index contributed by atoms with van der Waals surface area (Å²) in [5, 5.41) is 4.56. The molecule has 2 aromatic heterocycles. The standard InChI is InChI=1S/C19H20ClN5O/c1-24(2)14-5-3-13(4-6-14)22-19(26)25-8-7-17-16(11-25)15-9-12(20)10-21-18(15)23-17/h3-6,9-10H,7-8,11H2,1-2H3,(H,21,23)(H,22,26). The van der Waals surface area contributed by atoms with Crippen LogP contribution < -0.4 is 10.2 Å². The Morgan fingerprint density at radius 3 is 2.81 bits per heavy atom. The molecule has 6 nitrogen and oxygen atoms in total. The van der Waals surface area contributed by atoms with E-state index in [2.05, 4.69) is 15.3 Å². The third-order valence-electron chi connectivity index (χ3n) is 4.72. The van der Waals surface area contributed by atoms with Gasteiger partial charge in [0.15, 0.2) is 0 Å². The first-order valence-electron chi connectivity index (χ1n) is 8.49. The van der Waals surface area contributed by atoms with Crippen LogP contribution >= 0.6 is 11.6 Å². The van der Waals surface area contributed by atoms with Crippen molar-refractivity contribution in [2.45, 2.75) is 13.0 Å². The van der Waals surface area contributed by atoms with Gasteiger partial charge >= 0.3 is 6.03 Å². The number of halogens is 1. The summed E-state index contributed by atoms with van der Waals surface area (Å²) in [4.78, 5) is 24.2. The molecule has 2 amide bonds. The first kappa shape index (κ1) is 16.7. The summed E-state index contributed by atoms with van der Waals surface area (Å²) in [7, 11) is 3.97. The van der Waals surface area contributed by atoms with Crippen LogP contribution in [0.5, 0.6) is 0 Å². The Hall–Kier alpha value is -2.73. The predicted octanol–water partition coefficient (Wildman–Crippen LogP) is 3.87. The number of aromatic amines is 1. The number of H-pyrrole nitrogens is 1. The van der Waals surface area contributed by atoms with Gasteiger partial charge < -0.3 is 20.1 Å². The van der Waals surface area contributed by atoms with Crippen LogP contribution in [0.3, 0.4) is 0 Å². The molecule has 0 radical (unpaired) electrons. The number of nitrogens with zero attached hydrogens (tertiary/aromatic N) is 3. The summed E-state index contributed by atoms with van der Waals surface area (Å²) in [6.45, 7) is 1.20. The zero-order valence-electron chi connectivity index (χ0n) is 14.7. The Balaban J connectivity index is 1.52. The van der Waals surface area contributed by atoms with Gasteiger partial charge in [0.2, 0.25) is 0 Å². The minimum absolute atomic E-state index is 0.0995. The fourth-order valence-corrected chi connectivity index (χ4v) is 3.44. The molecule has 1 aromatic carbocycles. The topological polar surface area (TPSA) is 64.3 Å². The van der Waals surface area contributed by atoms with Crippen molar-refractivity contribution in [1.29, 1.82) is 0 Å². The van der Waals surface area contributed by atoms with E-state index in [1.807, 2.05) is 54.2 Å². The van der Waals surface area contributed by atoms with Crippen molar-refractivity contribution in [2.75, 3.05) is 30.9 Å². The van der Waals surface area contributed by atoms with E-state index in [0.29, 0.717) is 18.1 Å². The van der Waals surface area contributed by atoms with Gasteiger partial charge in [-0.15, -0.1) is 0 Å². The molecule has 26 heavy (non-hydrogen) atoms. The number of hydrogen-bond acceptors (Lipinski definition) is 3. The normalized spacial score (nSPS) is 13.6. The van der Waals surface area contributed by atoms with Gasteiger partial charge in [0.1, 0.15) is 5.65 Å². The third kappa shape index (κ3) is 3.08. The van der Waals surface area contributed by atoms with E-state index in [4.69, 9.17) is 11.6 Å². The number of hydrogen-bond donors (Lipinski definition) is 2. The molecule has 134 valence electrons. The van der Waals surface area contributed by atoms with Gasteiger partial charge in [-0.1, -0.05) is 11.6 Å². The van der Waals surface area contributed by atoms with Crippen molar-refractivity contribution in [3.63, 3.8) is 0 Å². The smallest absolute Gasteiger partial charge is 0.322 e. The molecule has 0 atom stereocenters. The minimum Gasteiger partial charge on any atom is -0.378 e. The largest absolute Gasteiger partial charge is 0.378 e. The molecular formula is C19H20ClN5O. The molecule has 0 saturated carbocycles. The van der Waals surface area contributed by atoms with Crippen molar-refractivity contribution in [3.05, 3.63) is 52.8 Å². The molecule has 0 unspecified atom stereocenters. The van der Waals surface area contributed by atoms with Crippen molar-refractivity contribution in [3.8, 4) is 0 Å². The number of carbonyl (C=O) groups excluding carboxylic acids is 1. The maximum Gasteiger partial charge on any atom is 0.322 e. The van der Waals surface area contributed by atoms with Gasteiger partial charge in [0.25, 0.3) is 0 Å². The lowest BCUT2D eigenvalue weighted by Crippen LogP contribution is -2.38. The molecule has 7 heteroatoms. The van der Waals surface area contributed by atoms with Crippen LogP contribution in [0.4, 0.5) is 16.2 Å². The maximum atomic E-state index is 12.7. The quantitative estimate of drug-likeness (QED) is 0.720. The molecule has 4 rings (SSSR count). The van der Waals surface area contributed by atoms with Gasteiger partial charge in [-0.25, -0.2) is 9.78 Å². The van der Waals surface area contributed by atoms with Crippen molar-refractivity contribution in [1.82, 2.24) is 14.9 Å². The first-order valence-corrected chi connectivity index (χ1v) is 8.87. The van der Waals surface area contributed by atoms with Gasteiger partial charge in [-0.2, -0.15) is 0 Å². The van der Waals surface area contributed by atoms with Crippen LogP contribution in [0.15, 0.2) is 36.5 Å². The first-order chi connectivity index (χ1) is 12.5. The highest BCUT2D eigenvalue weighted by molar-refractivity contribution is 6.31. The number of aromatic nitrogens is 2. The molecule has 0 aliphatic carbocycles. The van der Waals surface area contributed by atoms with Crippen LogP contribution in [0, 0.1) is 0 Å². The average molecular weight is 370 g/mol. The second-order valence-electron chi connectivity index (χ2n) is 6.67. The van der Waals surface area contributed by atoms with E-state index < -0.39 is 0 Å². The second kappa shape index (κ2) is 6.53. The number of urea groups is 1. The van der Waals surface area contributed by atoms with E-state index in [9.17, 15) is 4.79 Å². The number of rotatable bonds is 2. The Bertz CT molecular complexity index is 964. The number of fused-ring (bicyclic) bond motifs is 3. The summed E-state index contributed by atoms with van der Waals surface area (Å²) in [5.41, 5.74) is 4.93.